The van der Waals surface area contributed by atoms with Crippen LogP contribution in [0.25, 0.3) is 0 Å². The Morgan fingerprint density at radius 3 is 2.72 bits per heavy atom. The first kappa shape index (κ1) is 11.9. The lowest BCUT2D eigenvalue weighted by atomic mass is 9.75. The summed E-state index contributed by atoms with van der Waals surface area (Å²) in [5.74, 6) is 0.733. The van der Waals surface area contributed by atoms with Crippen LogP contribution in [0.5, 0.6) is 0 Å². The molecular weight excluding hydrogens is 228 g/mol. The highest BCUT2D eigenvalue weighted by Gasteiger charge is 2.40. The quantitative estimate of drug-likeness (QED) is 0.889. The lowest BCUT2D eigenvalue weighted by Crippen LogP contribution is -2.28. The van der Waals surface area contributed by atoms with Gasteiger partial charge in [-0.3, -0.25) is 9.48 Å². The summed E-state index contributed by atoms with van der Waals surface area (Å²) in [6.07, 6.45) is 3.80. The summed E-state index contributed by atoms with van der Waals surface area (Å²) < 4.78 is 1.86. The van der Waals surface area contributed by atoms with E-state index in [9.17, 15) is 4.79 Å². The van der Waals surface area contributed by atoms with Crippen LogP contribution in [0.1, 0.15) is 60.8 Å². The van der Waals surface area contributed by atoms with Gasteiger partial charge in [-0.2, -0.15) is 5.10 Å². The van der Waals surface area contributed by atoms with Gasteiger partial charge in [-0.1, -0.05) is 13.8 Å². The fourth-order valence-electron chi connectivity index (χ4n) is 2.96. The lowest BCUT2D eigenvalue weighted by molar-refractivity contribution is 0.0908. The van der Waals surface area contributed by atoms with Gasteiger partial charge >= 0.3 is 0 Å². The first-order valence-corrected chi connectivity index (χ1v) is 6.75. The monoisotopic (exact) mass is 248 g/mol. The minimum Gasteiger partial charge on any atom is -0.394 e. The van der Waals surface area contributed by atoms with Gasteiger partial charge in [-0.15, -0.1) is 0 Å². The molecule has 0 bridgehead atoms. The molecule has 1 heterocycles. The first-order chi connectivity index (χ1) is 8.52. The molecule has 2 aliphatic rings. The molecule has 1 saturated carbocycles. The zero-order valence-electron chi connectivity index (χ0n) is 11.1. The van der Waals surface area contributed by atoms with Crippen molar-refractivity contribution in [1.82, 2.24) is 9.78 Å². The Bertz CT molecular complexity index is 498. The highest BCUT2D eigenvalue weighted by Crippen LogP contribution is 2.45. The average Bonchev–Trinajstić information content (AvgIpc) is 3.03. The largest absolute Gasteiger partial charge is 0.394 e. The maximum Gasteiger partial charge on any atom is 0.167 e. The molecular formula is C14H20N2O2. The van der Waals surface area contributed by atoms with E-state index in [-0.39, 0.29) is 17.8 Å². The Balaban J connectivity index is 2.09. The van der Waals surface area contributed by atoms with E-state index in [1.54, 1.807) is 0 Å². The molecule has 18 heavy (non-hydrogen) atoms. The van der Waals surface area contributed by atoms with E-state index in [1.165, 1.54) is 0 Å². The van der Waals surface area contributed by atoms with E-state index in [0.29, 0.717) is 18.9 Å². The summed E-state index contributed by atoms with van der Waals surface area (Å²) in [6.45, 7) is 4.83. The van der Waals surface area contributed by atoms with Gasteiger partial charge < -0.3 is 5.11 Å². The van der Waals surface area contributed by atoms with Crippen molar-refractivity contribution in [3.05, 3.63) is 17.0 Å². The molecule has 0 aromatic carbocycles. The molecule has 0 radical (unpaired) electrons. The molecule has 1 N–H and O–H groups in total. The molecule has 4 nitrogen and oxygen atoms in total. The number of nitrogens with zero attached hydrogens (tertiary/aromatic N) is 2. The normalized spacial score (nSPS) is 22.1. The van der Waals surface area contributed by atoms with Crippen LogP contribution in [0.2, 0.25) is 0 Å². The Morgan fingerprint density at radius 2 is 2.11 bits per heavy atom. The second-order valence-electron chi connectivity index (χ2n) is 6.37. The van der Waals surface area contributed by atoms with Crippen LogP contribution in [0.3, 0.4) is 0 Å². The van der Waals surface area contributed by atoms with Crippen LogP contribution >= 0.6 is 0 Å². The summed E-state index contributed by atoms with van der Waals surface area (Å²) in [4.78, 5) is 12.4. The van der Waals surface area contributed by atoms with Crippen molar-refractivity contribution in [2.75, 3.05) is 6.61 Å². The highest BCUT2D eigenvalue weighted by atomic mass is 16.3. The zero-order valence-corrected chi connectivity index (χ0v) is 11.1. The SMILES string of the molecule is CC1(C)CC(=O)c2c(C3CC3)nn(CCO)c2C1. The van der Waals surface area contributed by atoms with Crippen LogP contribution in [0, 0.1) is 5.41 Å². The van der Waals surface area contributed by atoms with Gasteiger partial charge in [0, 0.05) is 12.3 Å². The molecule has 0 saturated heterocycles. The minimum atomic E-state index is 0.0120. The molecule has 1 fully saturated rings. The fourth-order valence-corrected chi connectivity index (χ4v) is 2.96. The van der Waals surface area contributed by atoms with Crippen molar-refractivity contribution in [3.8, 4) is 0 Å². The number of Topliss-reactive ketones (excluding diaryl/α,β-unsaturated/α-hetero) is 1. The minimum absolute atomic E-state index is 0.0120. The molecule has 0 aliphatic heterocycles. The van der Waals surface area contributed by atoms with Gasteiger partial charge in [-0.25, -0.2) is 0 Å². The van der Waals surface area contributed by atoms with E-state index in [2.05, 4.69) is 18.9 Å². The molecule has 1 aromatic heterocycles. The van der Waals surface area contributed by atoms with Crippen molar-refractivity contribution in [2.24, 2.45) is 5.41 Å². The van der Waals surface area contributed by atoms with Crippen molar-refractivity contribution in [2.45, 2.75) is 52.0 Å². The Labute approximate surface area is 107 Å². The number of carbonyl (C=O) groups excluding carboxylic acids is 1. The molecule has 0 amide bonds. The number of aliphatic hydroxyl groups excluding tert-OH is 1. The van der Waals surface area contributed by atoms with Crippen LogP contribution in [0.15, 0.2) is 0 Å². The topological polar surface area (TPSA) is 55.1 Å². The maximum absolute atomic E-state index is 12.4. The molecule has 0 spiro atoms. The van der Waals surface area contributed by atoms with Crippen molar-refractivity contribution in [3.63, 3.8) is 0 Å². The van der Waals surface area contributed by atoms with Crippen LogP contribution in [0.4, 0.5) is 0 Å². The van der Waals surface area contributed by atoms with Gasteiger partial charge in [0.25, 0.3) is 0 Å². The van der Waals surface area contributed by atoms with Crippen LogP contribution in [-0.4, -0.2) is 27.3 Å². The van der Waals surface area contributed by atoms with E-state index < -0.39 is 0 Å². The number of carbonyl (C=O) groups is 1. The van der Waals surface area contributed by atoms with Crippen LogP contribution in [-0.2, 0) is 13.0 Å². The van der Waals surface area contributed by atoms with Crippen molar-refractivity contribution >= 4 is 5.78 Å². The molecule has 3 rings (SSSR count). The molecule has 0 atom stereocenters. The summed E-state index contributed by atoms with van der Waals surface area (Å²) in [5.41, 5.74) is 2.94. The van der Waals surface area contributed by atoms with Gasteiger partial charge in [-0.05, 0) is 24.7 Å². The number of fused-ring (bicyclic) bond motifs is 1. The average molecular weight is 248 g/mol. The predicted octanol–water partition coefficient (Wildman–Crippen LogP) is 1.91. The number of hydrogen-bond acceptors (Lipinski definition) is 3. The summed E-state index contributed by atoms with van der Waals surface area (Å²) in [5, 5.41) is 13.7. The number of rotatable bonds is 3. The van der Waals surface area contributed by atoms with Gasteiger partial charge in [0.05, 0.1) is 30.1 Å². The van der Waals surface area contributed by atoms with Crippen LogP contribution < -0.4 is 0 Å². The van der Waals surface area contributed by atoms with Gasteiger partial charge in [0.15, 0.2) is 5.78 Å². The number of hydrogen-bond donors (Lipinski definition) is 1. The summed E-state index contributed by atoms with van der Waals surface area (Å²) in [6, 6.07) is 0. The van der Waals surface area contributed by atoms with Crippen molar-refractivity contribution < 1.29 is 9.90 Å². The smallest absolute Gasteiger partial charge is 0.167 e. The van der Waals surface area contributed by atoms with E-state index >= 15 is 0 Å². The fraction of sp³-hybridized carbons (Fsp3) is 0.714. The molecule has 2 aliphatic carbocycles. The number of aromatic nitrogens is 2. The van der Waals surface area contributed by atoms with Crippen molar-refractivity contribution in [1.29, 1.82) is 0 Å². The molecule has 0 unspecified atom stereocenters. The van der Waals surface area contributed by atoms with Gasteiger partial charge in [0.1, 0.15) is 0 Å². The summed E-state index contributed by atoms with van der Waals surface area (Å²) >= 11 is 0. The number of aliphatic hydroxyl groups is 1. The zero-order chi connectivity index (χ0) is 12.9. The highest BCUT2D eigenvalue weighted by molar-refractivity contribution is 6.00. The van der Waals surface area contributed by atoms with E-state index in [1.807, 2.05) is 4.68 Å². The third-order valence-electron chi connectivity index (χ3n) is 3.92. The first-order valence-electron chi connectivity index (χ1n) is 6.75. The van der Waals surface area contributed by atoms with Gasteiger partial charge in [0.2, 0.25) is 0 Å². The third-order valence-corrected chi connectivity index (χ3v) is 3.92. The van der Waals surface area contributed by atoms with E-state index in [0.717, 1.165) is 36.2 Å². The maximum atomic E-state index is 12.4. The number of ketones is 1. The summed E-state index contributed by atoms with van der Waals surface area (Å²) in [7, 11) is 0. The Morgan fingerprint density at radius 1 is 1.39 bits per heavy atom. The molecule has 1 aromatic rings. The second-order valence-corrected chi connectivity index (χ2v) is 6.37. The lowest BCUT2D eigenvalue weighted by Gasteiger charge is -2.29. The third kappa shape index (κ3) is 1.88. The second kappa shape index (κ2) is 3.92. The predicted molar refractivity (Wildman–Crippen MR) is 67.7 cm³/mol. The molecule has 98 valence electrons. The Hall–Kier alpha value is -1.16. The Kier molecular flexibility index (Phi) is 2.59. The van der Waals surface area contributed by atoms with E-state index in [4.69, 9.17) is 5.11 Å². The standard InChI is InChI=1S/C14H20N2O2/c1-14(2)7-10-12(11(18)8-14)13(9-3-4-9)15-16(10)5-6-17/h9,17H,3-8H2,1-2H3. The molecule has 4 heteroatoms.